The summed E-state index contributed by atoms with van der Waals surface area (Å²) < 4.78 is 53.4. The Morgan fingerprint density at radius 2 is 1.81 bits per heavy atom. The van der Waals surface area contributed by atoms with Crippen molar-refractivity contribution in [2.45, 2.75) is 37.0 Å². The van der Waals surface area contributed by atoms with Crippen LogP contribution in [0.2, 0.25) is 0 Å². The Labute approximate surface area is 158 Å². The highest BCUT2D eigenvalue weighted by atomic mass is 32.2. The third kappa shape index (κ3) is 3.61. The van der Waals surface area contributed by atoms with Crippen molar-refractivity contribution in [3.63, 3.8) is 0 Å². The first-order chi connectivity index (χ1) is 12.8. The van der Waals surface area contributed by atoms with Gasteiger partial charge in [0, 0.05) is 38.7 Å². The van der Waals surface area contributed by atoms with E-state index in [2.05, 4.69) is 0 Å². The number of carbonyl (C=O) groups is 1. The van der Waals surface area contributed by atoms with E-state index >= 15 is 0 Å². The molecule has 1 aromatic carbocycles. The highest BCUT2D eigenvalue weighted by Gasteiger charge is 2.41. The minimum Gasteiger partial charge on any atom is -0.340 e. The Balaban J connectivity index is 1.36. The SMILES string of the molecule is O=C(C[C@@H]1C[C@@H]2CC[C@@H]1C2)N1CCN(S(=O)(=O)c2ccc(F)cc2F)CC1. The second-order valence-corrected chi connectivity index (χ2v) is 9.91. The molecule has 148 valence electrons. The van der Waals surface area contributed by atoms with Crippen molar-refractivity contribution in [2.75, 3.05) is 26.2 Å². The summed E-state index contributed by atoms with van der Waals surface area (Å²) in [5.74, 6) is 0.138. The molecule has 1 heterocycles. The van der Waals surface area contributed by atoms with Crippen molar-refractivity contribution in [3.05, 3.63) is 29.8 Å². The van der Waals surface area contributed by atoms with Crippen LogP contribution >= 0.6 is 0 Å². The van der Waals surface area contributed by atoms with Gasteiger partial charge in [-0.25, -0.2) is 17.2 Å². The summed E-state index contributed by atoms with van der Waals surface area (Å²) >= 11 is 0. The van der Waals surface area contributed by atoms with Gasteiger partial charge in [0.05, 0.1) is 0 Å². The van der Waals surface area contributed by atoms with E-state index in [0.717, 1.165) is 24.5 Å². The molecule has 1 aliphatic heterocycles. The van der Waals surface area contributed by atoms with Crippen LogP contribution in [-0.4, -0.2) is 49.7 Å². The molecule has 3 aliphatic rings. The van der Waals surface area contributed by atoms with Gasteiger partial charge < -0.3 is 4.90 Å². The lowest BCUT2D eigenvalue weighted by Crippen LogP contribution is -2.51. The van der Waals surface area contributed by atoms with E-state index < -0.39 is 26.6 Å². The number of amides is 1. The summed E-state index contributed by atoms with van der Waals surface area (Å²) in [6.45, 7) is 0.868. The maximum Gasteiger partial charge on any atom is 0.246 e. The van der Waals surface area contributed by atoms with E-state index in [9.17, 15) is 22.0 Å². The fraction of sp³-hybridized carbons (Fsp3) is 0.632. The van der Waals surface area contributed by atoms with Gasteiger partial charge in [-0.1, -0.05) is 6.42 Å². The van der Waals surface area contributed by atoms with E-state index in [-0.39, 0.29) is 19.0 Å². The molecule has 0 N–H and O–H groups in total. The number of piperazine rings is 1. The fourth-order valence-electron chi connectivity index (χ4n) is 4.98. The van der Waals surface area contributed by atoms with E-state index in [1.165, 1.54) is 23.6 Å². The van der Waals surface area contributed by atoms with Gasteiger partial charge in [0.1, 0.15) is 16.5 Å². The zero-order valence-electron chi connectivity index (χ0n) is 15.1. The van der Waals surface area contributed by atoms with Gasteiger partial charge in [0.25, 0.3) is 0 Å². The third-order valence-corrected chi connectivity index (χ3v) is 8.36. The molecule has 0 radical (unpaired) electrons. The van der Waals surface area contributed by atoms with Gasteiger partial charge in [0.15, 0.2) is 0 Å². The molecule has 5 nitrogen and oxygen atoms in total. The molecule has 0 spiro atoms. The van der Waals surface area contributed by atoms with Crippen molar-refractivity contribution >= 4 is 15.9 Å². The van der Waals surface area contributed by atoms with E-state index in [1.54, 1.807) is 4.90 Å². The summed E-state index contributed by atoms with van der Waals surface area (Å²) in [6, 6.07) is 2.46. The summed E-state index contributed by atoms with van der Waals surface area (Å²) in [4.78, 5) is 13.8. The van der Waals surface area contributed by atoms with Gasteiger partial charge in [-0.05, 0) is 49.1 Å². The molecule has 2 saturated carbocycles. The highest BCUT2D eigenvalue weighted by Crippen LogP contribution is 2.49. The average molecular weight is 398 g/mol. The molecule has 0 aromatic heterocycles. The zero-order chi connectivity index (χ0) is 19.2. The van der Waals surface area contributed by atoms with Gasteiger partial charge >= 0.3 is 0 Å². The van der Waals surface area contributed by atoms with Crippen LogP contribution in [0.1, 0.15) is 32.1 Å². The normalized spacial score (nSPS) is 28.7. The number of halogens is 2. The molecule has 1 amide bonds. The van der Waals surface area contributed by atoms with Crippen LogP contribution < -0.4 is 0 Å². The van der Waals surface area contributed by atoms with Crippen LogP contribution in [0.3, 0.4) is 0 Å². The molecule has 3 atom stereocenters. The summed E-state index contributed by atoms with van der Waals surface area (Å²) in [7, 11) is -4.03. The molecule has 2 aliphatic carbocycles. The minimum absolute atomic E-state index is 0.0950. The Kier molecular flexibility index (Phi) is 4.96. The lowest BCUT2D eigenvalue weighted by molar-refractivity contribution is -0.133. The number of sulfonamides is 1. The number of hydrogen-bond acceptors (Lipinski definition) is 3. The second kappa shape index (κ2) is 7.13. The molecule has 0 unspecified atom stereocenters. The summed E-state index contributed by atoms with van der Waals surface area (Å²) in [6.07, 6.45) is 5.49. The van der Waals surface area contributed by atoms with E-state index in [4.69, 9.17) is 0 Å². The van der Waals surface area contributed by atoms with Crippen LogP contribution in [0.5, 0.6) is 0 Å². The Bertz CT molecular complexity index is 837. The second-order valence-electron chi connectivity index (χ2n) is 8.00. The van der Waals surface area contributed by atoms with Crippen LogP contribution in [-0.2, 0) is 14.8 Å². The molecular formula is C19H24F2N2O3S. The van der Waals surface area contributed by atoms with Gasteiger partial charge in [-0.3, -0.25) is 4.79 Å². The molecule has 3 fully saturated rings. The highest BCUT2D eigenvalue weighted by molar-refractivity contribution is 7.89. The third-order valence-electron chi connectivity index (χ3n) is 6.42. The summed E-state index contributed by atoms with van der Waals surface area (Å²) in [5.41, 5.74) is 0. The van der Waals surface area contributed by atoms with Crippen LogP contribution in [0, 0.1) is 29.4 Å². The molecule has 27 heavy (non-hydrogen) atoms. The predicted octanol–water partition coefficient (Wildman–Crippen LogP) is 2.62. The van der Waals surface area contributed by atoms with Crippen molar-refractivity contribution in [1.82, 2.24) is 9.21 Å². The van der Waals surface area contributed by atoms with Crippen LogP contribution in [0.25, 0.3) is 0 Å². The maximum absolute atomic E-state index is 13.9. The number of fused-ring (bicyclic) bond motifs is 2. The maximum atomic E-state index is 13.9. The first kappa shape index (κ1) is 18.8. The summed E-state index contributed by atoms with van der Waals surface area (Å²) in [5, 5.41) is 0. The Morgan fingerprint density at radius 1 is 1.07 bits per heavy atom. The molecule has 8 heteroatoms. The molecule has 1 aromatic rings. The first-order valence-corrected chi connectivity index (χ1v) is 11.0. The van der Waals surface area contributed by atoms with Crippen molar-refractivity contribution < 1.29 is 22.0 Å². The molecule has 2 bridgehead atoms. The lowest BCUT2D eigenvalue weighted by Gasteiger charge is -2.35. The average Bonchev–Trinajstić information content (AvgIpc) is 3.24. The fourth-order valence-corrected chi connectivity index (χ4v) is 6.45. The first-order valence-electron chi connectivity index (χ1n) is 9.57. The Morgan fingerprint density at radius 3 is 2.41 bits per heavy atom. The largest absolute Gasteiger partial charge is 0.340 e. The molecular weight excluding hydrogens is 374 g/mol. The smallest absolute Gasteiger partial charge is 0.246 e. The van der Waals surface area contributed by atoms with Crippen LogP contribution in [0.15, 0.2) is 23.1 Å². The minimum atomic E-state index is -4.03. The lowest BCUT2D eigenvalue weighted by atomic mass is 9.86. The number of carbonyl (C=O) groups excluding carboxylic acids is 1. The topological polar surface area (TPSA) is 57.7 Å². The zero-order valence-corrected chi connectivity index (χ0v) is 15.9. The van der Waals surface area contributed by atoms with Crippen molar-refractivity contribution in [1.29, 1.82) is 0 Å². The van der Waals surface area contributed by atoms with E-state index in [0.29, 0.717) is 37.4 Å². The molecule has 4 rings (SSSR count). The number of benzene rings is 1. The monoisotopic (exact) mass is 398 g/mol. The number of nitrogens with zero attached hydrogens (tertiary/aromatic N) is 2. The Hall–Kier alpha value is -1.54. The van der Waals surface area contributed by atoms with E-state index in [1.807, 2.05) is 0 Å². The van der Waals surface area contributed by atoms with Gasteiger partial charge in [0.2, 0.25) is 15.9 Å². The van der Waals surface area contributed by atoms with Crippen LogP contribution in [0.4, 0.5) is 8.78 Å². The van der Waals surface area contributed by atoms with Gasteiger partial charge in [-0.15, -0.1) is 0 Å². The number of rotatable bonds is 4. The molecule has 1 saturated heterocycles. The quantitative estimate of drug-likeness (QED) is 0.784. The van der Waals surface area contributed by atoms with Crippen molar-refractivity contribution in [3.8, 4) is 0 Å². The standard InChI is InChI=1S/C19H24F2N2O3S/c20-16-3-4-18(17(21)12-16)27(25,26)23-7-5-22(6-8-23)19(24)11-15-10-13-1-2-14(15)9-13/h3-4,12-15H,1-2,5-11H2/t13-,14-,15+/m1/s1. The predicted molar refractivity (Wildman–Crippen MR) is 95.3 cm³/mol. The number of hydrogen-bond donors (Lipinski definition) is 0. The van der Waals surface area contributed by atoms with Crippen molar-refractivity contribution in [2.24, 2.45) is 17.8 Å². The van der Waals surface area contributed by atoms with Gasteiger partial charge in [-0.2, -0.15) is 4.31 Å².